The molecule has 0 saturated carbocycles. The van der Waals surface area contributed by atoms with Gasteiger partial charge in [-0.15, -0.1) is 11.3 Å². The van der Waals surface area contributed by atoms with Crippen molar-refractivity contribution in [2.45, 2.75) is 13.3 Å². The summed E-state index contributed by atoms with van der Waals surface area (Å²) in [5, 5.41) is 2.66. The molecule has 120 valence electrons. The van der Waals surface area contributed by atoms with E-state index < -0.39 is 0 Å². The number of thiophene rings is 1. The SMILES string of the molecule is Cc1ccc(-c2ccc3c(c2)C=Cc2c(ccc4ccccc24)C3)s1. The average molecular weight is 338 g/mol. The normalized spacial score (nSPS) is 12.7. The molecule has 1 aliphatic rings. The van der Waals surface area contributed by atoms with Crippen LogP contribution in [0.3, 0.4) is 0 Å². The second-order valence-electron chi connectivity index (χ2n) is 6.69. The Morgan fingerprint density at radius 1 is 0.800 bits per heavy atom. The Labute approximate surface area is 152 Å². The fraction of sp³-hybridized carbons (Fsp3) is 0.0833. The fourth-order valence-electron chi connectivity index (χ4n) is 3.72. The van der Waals surface area contributed by atoms with E-state index in [0.717, 1.165) is 6.42 Å². The van der Waals surface area contributed by atoms with Gasteiger partial charge < -0.3 is 0 Å². The lowest BCUT2D eigenvalue weighted by Crippen LogP contribution is -1.93. The van der Waals surface area contributed by atoms with E-state index in [9.17, 15) is 0 Å². The van der Waals surface area contributed by atoms with Gasteiger partial charge in [0.25, 0.3) is 0 Å². The third-order valence-corrected chi connectivity index (χ3v) is 6.09. The van der Waals surface area contributed by atoms with Crippen molar-refractivity contribution in [2.75, 3.05) is 0 Å². The van der Waals surface area contributed by atoms with Gasteiger partial charge in [-0.05, 0) is 70.1 Å². The predicted octanol–water partition coefficient (Wildman–Crippen LogP) is 6.95. The van der Waals surface area contributed by atoms with Gasteiger partial charge in [0, 0.05) is 9.75 Å². The van der Waals surface area contributed by atoms with Crippen LogP contribution >= 0.6 is 11.3 Å². The average Bonchev–Trinajstić information content (AvgIpc) is 2.98. The standard InChI is InChI=1S/C24H18S/c1-16-6-13-24(25-16)21-10-8-18-14-20-9-7-17-4-2-3-5-22(17)23(20)12-11-19(18)15-21/h2-13,15H,14H2,1H3. The number of rotatable bonds is 1. The van der Waals surface area contributed by atoms with Crippen LogP contribution in [0.5, 0.6) is 0 Å². The summed E-state index contributed by atoms with van der Waals surface area (Å²) in [6, 6.07) is 24.5. The summed E-state index contributed by atoms with van der Waals surface area (Å²) in [5.41, 5.74) is 6.83. The third-order valence-electron chi connectivity index (χ3n) is 5.04. The molecule has 3 aromatic carbocycles. The minimum atomic E-state index is 0.992. The highest BCUT2D eigenvalue weighted by molar-refractivity contribution is 7.15. The van der Waals surface area contributed by atoms with Crippen molar-refractivity contribution >= 4 is 34.3 Å². The van der Waals surface area contributed by atoms with Crippen LogP contribution < -0.4 is 0 Å². The Kier molecular flexibility index (Phi) is 3.36. The minimum Gasteiger partial charge on any atom is -0.141 e. The first-order chi connectivity index (χ1) is 12.3. The molecule has 0 atom stereocenters. The van der Waals surface area contributed by atoms with Crippen molar-refractivity contribution < 1.29 is 0 Å². The molecule has 0 nitrogen and oxygen atoms in total. The molecule has 1 aromatic heterocycles. The Hall–Kier alpha value is -2.64. The third kappa shape index (κ3) is 2.52. The van der Waals surface area contributed by atoms with Gasteiger partial charge in [0.2, 0.25) is 0 Å². The van der Waals surface area contributed by atoms with E-state index >= 15 is 0 Å². The number of aryl methyl sites for hydroxylation is 1. The fourth-order valence-corrected chi connectivity index (χ4v) is 4.59. The summed E-state index contributed by atoms with van der Waals surface area (Å²) >= 11 is 1.86. The molecule has 1 heteroatoms. The number of hydrogen-bond donors (Lipinski definition) is 0. The van der Waals surface area contributed by atoms with Crippen molar-refractivity contribution in [3.63, 3.8) is 0 Å². The van der Waals surface area contributed by atoms with Gasteiger partial charge in [-0.3, -0.25) is 0 Å². The molecular weight excluding hydrogens is 320 g/mol. The summed E-state index contributed by atoms with van der Waals surface area (Å²) in [7, 11) is 0. The van der Waals surface area contributed by atoms with Crippen molar-refractivity contribution in [3.8, 4) is 10.4 Å². The molecule has 0 radical (unpaired) electrons. The smallest absolute Gasteiger partial charge is 0.0345 e. The Morgan fingerprint density at radius 3 is 2.56 bits per heavy atom. The lowest BCUT2D eigenvalue weighted by atomic mass is 9.95. The predicted molar refractivity (Wildman–Crippen MR) is 110 cm³/mol. The van der Waals surface area contributed by atoms with Crippen LogP contribution in [0.4, 0.5) is 0 Å². The van der Waals surface area contributed by atoms with Crippen LogP contribution in [0.2, 0.25) is 0 Å². The molecule has 0 unspecified atom stereocenters. The molecule has 0 bridgehead atoms. The number of fused-ring (bicyclic) bond motifs is 4. The van der Waals surface area contributed by atoms with Gasteiger partial charge >= 0.3 is 0 Å². The van der Waals surface area contributed by atoms with Crippen LogP contribution in [0.25, 0.3) is 33.4 Å². The van der Waals surface area contributed by atoms with Gasteiger partial charge in [-0.2, -0.15) is 0 Å². The first-order valence-electron chi connectivity index (χ1n) is 8.66. The van der Waals surface area contributed by atoms with Gasteiger partial charge in [-0.25, -0.2) is 0 Å². The maximum Gasteiger partial charge on any atom is 0.0345 e. The van der Waals surface area contributed by atoms with Crippen LogP contribution in [0.15, 0.2) is 66.7 Å². The molecule has 0 amide bonds. The molecule has 0 N–H and O–H groups in total. The van der Waals surface area contributed by atoms with Crippen LogP contribution in [-0.2, 0) is 6.42 Å². The first-order valence-corrected chi connectivity index (χ1v) is 9.48. The topological polar surface area (TPSA) is 0 Å². The van der Waals surface area contributed by atoms with E-state index in [2.05, 4.69) is 85.8 Å². The summed E-state index contributed by atoms with van der Waals surface area (Å²) in [5.74, 6) is 0. The minimum absolute atomic E-state index is 0.992. The first kappa shape index (κ1) is 14.7. The molecular formula is C24H18S. The summed E-state index contributed by atoms with van der Waals surface area (Å²) in [6.07, 6.45) is 5.58. The highest BCUT2D eigenvalue weighted by atomic mass is 32.1. The van der Waals surface area contributed by atoms with E-state index in [1.807, 2.05) is 11.3 Å². The highest BCUT2D eigenvalue weighted by Crippen LogP contribution is 2.34. The maximum atomic E-state index is 2.34. The largest absolute Gasteiger partial charge is 0.141 e. The molecule has 4 aromatic rings. The molecule has 0 saturated heterocycles. The monoisotopic (exact) mass is 338 g/mol. The van der Waals surface area contributed by atoms with E-state index in [4.69, 9.17) is 0 Å². The summed E-state index contributed by atoms with van der Waals surface area (Å²) < 4.78 is 0. The molecule has 0 aliphatic heterocycles. The van der Waals surface area contributed by atoms with Crippen molar-refractivity contribution in [1.82, 2.24) is 0 Å². The van der Waals surface area contributed by atoms with Crippen molar-refractivity contribution in [3.05, 3.63) is 93.9 Å². The molecule has 0 fully saturated rings. The van der Waals surface area contributed by atoms with Crippen LogP contribution in [0, 0.1) is 6.92 Å². The zero-order valence-corrected chi connectivity index (χ0v) is 14.9. The zero-order chi connectivity index (χ0) is 16.8. The second-order valence-corrected chi connectivity index (χ2v) is 7.98. The van der Waals surface area contributed by atoms with Gasteiger partial charge in [0.05, 0.1) is 0 Å². The zero-order valence-electron chi connectivity index (χ0n) is 14.1. The van der Waals surface area contributed by atoms with E-state index in [1.54, 1.807) is 0 Å². The van der Waals surface area contributed by atoms with Crippen LogP contribution in [-0.4, -0.2) is 0 Å². The molecule has 5 rings (SSSR count). The van der Waals surface area contributed by atoms with Gasteiger partial charge in [-0.1, -0.05) is 60.7 Å². The quantitative estimate of drug-likeness (QED) is 0.310. The molecule has 1 aliphatic carbocycles. The summed E-state index contributed by atoms with van der Waals surface area (Å²) in [6.45, 7) is 2.17. The van der Waals surface area contributed by atoms with E-state index in [1.165, 1.54) is 48.3 Å². The van der Waals surface area contributed by atoms with Crippen LogP contribution in [0.1, 0.15) is 27.1 Å². The molecule has 25 heavy (non-hydrogen) atoms. The Morgan fingerprint density at radius 2 is 1.68 bits per heavy atom. The summed E-state index contributed by atoms with van der Waals surface area (Å²) in [4.78, 5) is 2.71. The van der Waals surface area contributed by atoms with E-state index in [-0.39, 0.29) is 0 Å². The van der Waals surface area contributed by atoms with Crippen molar-refractivity contribution in [2.24, 2.45) is 0 Å². The Balaban J connectivity index is 1.65. The second kappa shape index (κ2) is 5.72. The Bertz CT molecular complexity index is 1130. The molecule has 0 spiro atoms. The lowest BCUT2D eigenvalue weighted by molar-refractivity contribution is 1.19. The van der Waals surface area contributed by atoms with Crippen molar-refractivity contribution in [1.29, 1.82) is 0 Å². The van der Waals surface area contributed by atoms with Gasteiger partial charge in [0.1, 0.15) is 0 Å². The maximum absolute atomic E-state index is 2.34. The highest BCUT2D eigenvalue weighted by Gasteiger charge is 2.13. The van der Waals surface area contributed by atoms with E-state index in [0.29, 0.717) is 0 Å². The van der Waals surface area contributed by atoms with Gasteiger partial charge in [0.15, 0.2) is 0 Å². The number of benzene rings is 3. The number of hydrogen-bond acceptors (Lipinski definition) is 1. The molecule has 1 heterocycles. The lowest BCUT2D eigenvalue weighted by Gasteiger charge is -2.10.